The van der Waals surface area contributed by atoms with E-state index in [1.165, 1.54) is 12.5 Å². The summed E-state index contributed by atoms with van der Waals surface area (Å²) in [7, 11) is 1.54. The van der Waals surface area contributed by atoms with E-state index >= 15 is 0 Å². The Labute approximate surface area is 133 Å². The molecular weight excluding hydrogens is 288 g/mol. The number of ether oxygens (including phenoxy) is 1. The Morgan fingerprint density at radius 3 is 2.52 bits per heavy atom. The van der Waals surface area contributed by atoms with Gasteiger partial charge in [0.25, 0.3) is 0 Å². The smallest absolute Gasteiger partial charge is 0.164 e. The van der Waals surface area contributed by atoms with Crippen molar-refractivity contribution in [3.8, 4) is 0 Å². The van der Waals surface area contributed by atoms with Crippen molar-refractivity contribution in [2.45, 2.75) is 6.42 Å². The standard InChI is InChI=1S/C19H16N2O2/c1-23-12-14(22)10-13-11-20-19-17-8-3-2-6-15(17)16-7-4-5-9-18(16)21(13)19/h2-9,11H,10,12H2,1H3. The first-order chi connectivity index (χ1) is 11.3. The molecule has 0 N–H and O–H groups in total. The number of para-hydroxylation sites is 1. The molecule has 4 rings (SSSR count). The maximum absolute atomic E-state index is 12.0. The van der Waals surface area contributed by atoms with Gasteiger partial charge in [0.2, 0.25) is 0 Å². The Balaban J connectivity index is 2.07. The zero-order valence-corrected chi connectivity index (χ0v) is 12.8. The molecule has 0 radical (unpaired) electrons. The van der Waals surface area contributed by atoms with Gasteiger partial charge in [-0.15, -0.1) is 0 Å². The van der Waals surface area contributed by atoms with Crippen LogP contribution in [0.15, 0.2) is 54.7 Å². The Morgan fingerprint density at radius 1 is 1.04 bits per heavy atom. The first-order valence-electron chi connectivity index (χ1n) is 7.56. The molecule has 0 atom stereocenters. The van der Waals surface area contributed by atoms with Crippen LogP contribution in [-0.4, -0.2) is 28.9 Å². The number of ketones is 1. The first-order valence-corrected chi connectivity index (χ1v) is 7.56. The summed E-state index contributed by atoms with van der Waals surface area (Å²) in [5.41, 5.74) is 2.85. The number of imidazole rings is 1. The van der Waals surface area contributed by atoms with Crippen LogP contribution in [-0.2, 0) is 16.0 Å². The number of pyridine rings is 1. The molecular formula is C19H16N2O2. The highest BCUT2D eigenvalue weighted by Crippen LogP contribution is 2.29. The lowest BCUT2D eigenvalue weighted by Gasteiger charge is -2.10. The van der Waals surface area contributed by atoms with Gasteiger partial charge in [0.15, 0.2) is 5.78 Å². The summed E-state index contributed by atoms with van der Waals surface area (Å²) in [4.78, 5) is 16.6. The average molecular weight is 304 g/mol. The molecule has 0 saturated carbocycles. The van der Waals surface area contributed by atoms with E-state index in [1.807, 2.05) is 24.3 Å². The summed E-state index contributed by atoms with van der Waals surface area (Å²) in [5, 5.41) is 3.43. The maximum atomic E-state index is 12.0. The lowest BCUT2D eigenvalue weighted by Crippen LogP contribution is -2.11. The molecule has 0 saturated heterocycles. The van der Waals surface area contributed by atoms with Crippen LogP contribution in [0, 0.1) is 0 Å². The fourth-order valence-electron chi connectivity index (χ4n) is 3.19. The van der Waals surface area contributed by atoms with Crippen LogP contribution in [0.2, 0.25) is 0 Å². The minimum atomic E-state index is 0.0477. The van der Waals surface area contributed by atoms with E-state index < -0.39 is 0 Å². The minimum absolute atomic E-state index is 0.0477. The van der Waals surface area contributed by atoms with Gasteiger partial charge in [-0.2, -0.15) is 0 Å². The van der Waals surface area contributed by atoms with Crippen LogP contribution < -0.4 is 0 Å². The van der Waals surface area contributed by atoms with Crippen molar-refractivity contribution in [3.05, 3.63) is 60.4 Å². The predicted molar refractivity (Wildman–Crippen MR) is 90.8 cm³/mol. The van der Waals surface area contributed by atoms with E-state index in [4.69, 9.17) is 4.74 Å². The van der Waals surface area contributed by atoms with Gasteiger partial charge in [-0.05, 0) is 11.5 Å². The molecule has 0 spiro atoms. The second-order valence-electron chi connectivity index (χ2n) is 5.62. The fourth-order valence-corrected chi connectivity index (χ4v) is 3.19. The monoisotopic (exact) mass is 304 g/mol. The number of carbonyl (C=O) groups excluding carboxylic acids is 1. The molecule has 4 aromatic rings. The Hall–Kier alpha value is -2.72. The largest absolute Gasteiger partial charge is 0.377 e. The summed E-state index contributed by atoms with van der Waals surface area (Å²) in [5.74, 6) is 0.0477. The van der Waals surface area contributed by atoms with E-state index in [0.29, 0.717) is 6.42 Å². The van der Waals surface area contributed by atoms with Gasteiger partial charge in [0.05, 0.1) is 17.6 Å². The quantitative estimate of drug-likeness (QED) is 0.543. The zero-order chi connectivity index (χ0) is 15.8. The van der Waals surface area contributed by atoms with Crippen molar-refractivity contribution < 1.29 is 9.53 Å². The molecule has 0 aliphatic rings. The third-order valence-corrected chi connectivity index (χ3v) is 4.12. The summed E-state index contributed by atoms with van der Waals surface area (Å²) in [6.07, 6.45) is 2.11. The van der Waals surface area contributed by atoms with Crippen LogP contribution in [0.5, 0.6) is 0 Å². The number of benzene rings is 2. The predicted octanol–water partition coefficient (Wildman–Crippen LogP) is 3.40. The van der Waals surface area contributed by atoms with E-state index in [9.17, 15) is 4.79 Å². The van der Waals surface area contributed by atoms with Gasteiger partial charge in [0, 0.05) is 24.1 Å². The summed E-state index contributed by atoms with van der Waals surface area (Å²) in [6.45, 7) is 0.124. The van der Waals surface area contributed by atoms with Crippen LogP contribution in [0.1, 0.15) is 5.69 Å². The Morgan fingerprint density at radius 2 is 1.74 bits per heavy atom. The fraction of sp³-hybridized carbons (Fsp3) is 0.158. The van der Waals surface area contributed by atoms with Crippen molar-refractivity contribution in [3.63, 3.8) is 0 Å². The normalized spacial score (nSPS) is 11.5. The van der Waals surface area contributed by atoms with Crippen molar-refractivity contribution in [2.24, 2.45) is 0 Å². The topological polar surface area (TPSA) is 43.6 Å². The van der Waals surface area contributed by atoms with Gasteiger partial charge >= 0.3 is 0 Å². The average Bonchev–Trinajstić information content (AvgIpc) is 2.99. The Bertz CT molecular complexity index is 1030. The van der Waals surface area contributed by atoms with E-state index in [2.05, 4.69) is 33.7 Å². The molecule has 2 heterocycles. The maximum Gasteiger partial charge on any atom is 0.164 e. The van der Waals surface area contributed by atoms with E-state index in [0.717, 1.165) is 27.6 Å². The molecule has 0 aliphatic carbocycles. The van der Waals surface area contributed by atoms with Crippen molar-refractivity contribution in [1.82, 2.24) is 9.38 Å². The van der Waals surface area contributed by atoms with Gasteiger partial charge in [-0.25, -0.2) is 4.98 Å². The van der Waals surface area contributed by atoms with Gasteiger partial charge in [-0.1, -0.05) is 42.5 Å². The molecule has 4 heteroatoms. The van der Waals surface area contributed by atoms with Crippen LogP contribution in [0.3, 0.4) is 0 Å². The summed E-state index contributed by atoms with van der Waals surface area (Å²) < 4.78 is 7.03. The molecule has 2 aromatic heterocycles. The lowest BCUT2D eigenvalue weighted by atomic mass is 10.1. The van der Waals surface area contributed by atoms with Crippen molar-refractivity contribution >= 4 is 33.1 Å². The van der Waals surface area contributed by atoms with Crippen molar-refractivity contribution in [2.75, 3.05) is 13.7 Å². The number of hydrogen-bond donors (Lipinski definition) is 0. The van der Waals surface area contributed by atoms with Crippen LogP contribution >= 0.6 is 0 Å². The van der Waals surface area contributed by atoms with Gasteiger partial charge in [-0.3, -0.25) is 9.20 Å². The van der Waals surface area contributed by atoms with Gasteiger partial charge in [0.1, 0.15) is 12.3 Å². The number of fused-ring (bicyclic) bond motifs is 6. The second-order valence-corrected chi connectivity index (χ2v) is 5.62. The molecule has 0 bridgehead atoms. The second kappa shape index (κ2) is 5.48. The Kier molecular flexibility index (Phi) is 3.32. The molecule has 0 unspecified atom stereocenters. The number of methoxy groups -OCH3 is 1. The molecule has 0 fully saturated rings. The highest BCUT2D eigenvalue weighted by atomic mass is 16.5. The third kappa shape index (κ3) is 2.19. The number of nitrogens with zero attached hydrogens (tertiary/aromatic N) is 2. The van der Waals surface area contributed by atoms with E-state index in [-0.39, 0.29) is 12.4 Å². The van der Waals surface area contributed by atoms with Gasteiger partial charge < -0.3 is 4.74 Å². The molecule has 114 valence electrons. The van der Waals surface area contributed by atoms with Crippen LogP contribution in [0.25, 0.3) is 27.3 Å². The minimum Gasteiger partial charge on any atom is -0.377 e. The van der Waals surface area contributed by atoms with Crippen molar-refractivity contribution in [1.29, 1.82) is 0 Å². The number of aromatic nitrogens is 2. The first kappa shape index (κ1) is 13.9. The number of carbonyl (C=O) groups is 1. The van der Waals surface area contributed by atoms with Crippen LogP contribution in [0.4, 0.5) is 0 Å². The number of hydrogen-bond acceptors (Lipinski definition) is 3. The summed E-state index contributed by atoms with van der Waals surface area (Å²) in [6, 6.07) is 16.5. The number of Topliss-reactive ketones (excluding diaryl/α,β-unsaturated/α-hetero) is 1. The zero-order valence-electron chi connectivity index (χ0n) is 12.8. The molecule has 4 nitrogen and oxygen atoms in total. The summed E-state index contributed by atoms with van der Waals surface area (Å²) >= 11 is 0. The highest BCUT2D eigenvalue weighted by molar-refractivity contribution is 6.11. The van der Waals surface area contributed by atoms with E-state index in [1.54, 1.807) is 6.20 Å². The SMILES string of the molecule is COCC(=O)Cc1cnc2c3ccccc3c3ccccc3n12. The third-order valence-electron chi connectivity index (χ3n) is 4.12. The molecule has 0 aliphatic heterocycles. The molecule has 2 aromatic carbocycles. The highest BCUT2D eigenvalue weighted by Gasteiger charge is 2.14. The number of rotatable bonds is 4. The lowest BCUT2D eigenvalue weighted by molar-refractivity contribution is -0.122. The molecule has 23 heavy (non-hydrogen) atoms. The molecule has 0 amide bonds.